The topological polar surface area (TPSA) is 75.6 Å². The molecule has 5 heteroatoms. The van der Waals surface area contributed by atoms with Gasteiger partial charge < -0.3 is 15.2 Å². The van der Waals surface area contributed by atoms with Gasteiger partial charge in [0.1, 0.15) is 11.6 Å². The number of allylic oxidation sites excluding steroid dienone is 2. The Morgan fingerprint density at radius 2 is 2.14 bits per heavy atom. The summed E-state index contributed by atoms with van der Waals surface area (Å²) >= 11 is 0. The predicted molar refractivity (Wildman–Crippen MR) is 81.4 cm³/mol. The SMILES string of the molecule is CC(C)(C)OC(=O)NC(C(=O)O)C12CC3=CC(CC(C3)C1)C2. The first kappa shape index (κ1) is 15.4. The lowest BCUT2D eigenvalue weighted by atomic mass is 9.51. The zero-order valence-electron chi connectivity index (χ0n) is 13.5. The van der Waals surface area contributed by atoms with Crippen LogP contribution in [0.3, 0.4) is 0 Å². The molecule has 4 atom stereocenters. The van der Waals surface area contributed by atoms with Crippen LogP contribution in [0.4, 0.5) is 4.79 Å². The van der Waals surface area contributed by atoms with Crippen LogP contribution in [-0.4, -0.2) is 28.8 Å². The molecule has 4 bridgehead atoms. The van der Waals surface area contributed by atoms with Crippen LogP contribution in [0.15, 0.2) is 11.6 Å². The van der Waals surface area contributed by atoms with Gasteiger partial charge in [0.25, 0.3) is 0 Å². The highest BCUT2D eigenvalue weighted by atomic mass is 16.6. The van der Waals surface area contributed by atoms with E-state index in [2.05, 4.69) is 11.4 Å². The molecule has 22 heavy (non-hydrogen) atoms. The summed E-state index contributed by atoms with van der Waals surface area (Å²) in [5, 5.41) is 12.3. The van der Waals surface area contributed by atoms with E-state index in [1.54, 1.807) is 20.8 Å². The van der Waals surface area contributed by atoms with E-state index in [4.69, 9.17) is 4.74 Å². The van der Waals surface area contributed by atoms with Gasteiger partial charge in [0.2, 0.25) is 0 Å². The van der Waals surface area contributed by atoms with Crippen molar-refractivity contribution in [2.75, 3.05) is 0 Å². The number of carboxylic acids is 1. The van der Waals surface area contributed by atoms with Crippen molar-refractivity contribution in [2.45, 2.75) is 64.5 Å². The average molecular weight is 307 g/mol. The smallest absolute Gasteiger partial charge is 0.408 e. The van der Waals surface area contributed by atoms with Gasteiger partial charge in [-0.1, -0.05) is 11.6 Å². The number of carboxylic acid groups (broad SMARTS) is 1. The quantitative estimate of drug-likeness (QED) is 0.786. The van der Waals surface area contributed by atoms with Gasteiger partial charge in [0, 0.05) is 5.41 Å². The Morgan fingerprint density at radius 3 is 2.68 bits per heavy atom. The Labute approximate surface area is 131 Å². The lowest BCUT2D eigenvalue weighted by Crippen LogP contribution is -2.58. The standard InChI is InChI=1S/C17H25NO4/c1-16(2,3)22-15(21)18-13(14(19)20)17-7-10-4-11(8-17)6-12(5-10)9-17/h4,10,12-13H,5-9H2,1-3H3,(H,18,21)(H,19,20). The van der Waals surface area contributed by atoms with E-state index in [9.17, 15) is 14.7 Å². The van der Waals surface area contributed by atoms with Gasteiger partial charge in [-0.2, -0.15) is 0 Å². The van der Waals surface area contributed by atoms with Gasteiger partial charge in [-0.25, -0.2) is 9.59 Å². The van der Waals surface area contributed by atoms with E-state index in [-0.39, 0.29) is 5.41 Å². The first-order valence-electron chi connectivity index (χ1n) is 8.09. The maximum Gasteiger partial charge on any atom is 0.408 e. The minimum absolute atomic E-state index is 0.335. The molecule has 5 nitrogen and oxygen atoms in total. The van der Waals surface area contributed by atoms with Crippen molar-refractivity contribution in [3.05, 3.63) is 11.6 Å². The Hall–Kier alpha value is -1.52. The van der Waals surface area contributed by atoms with Crippen LogP contribution in [0, 0.1) is 17.3 Å². The van der Waals surface area contributed by atoms with Crippen LogP contribution >= 0.6 is 0 Å². The third kappa shape index (κ3) is 2.85. The predicted octanol–water partition coefficient (Wildman–Crippen LogP) is 3.10. The summed E-state index contributed by atoms with van der Waals surface area (Å²) in [7, 11) is 0. The molecule has 0 radical (unpaired) electrons. The number of alkyl carbamates (subject to hydrolysis) is 1. The lowest BCUT2D eigenvalue weighted by molar-refractivity contribution is -0.146. The molecule has 4 rings (SSSR count). The number of rotatable bonds is 3. The Kier molecular flexibility index (Phi) is 3.49. The molecule has 0 saturated heterocycles. The highest BCUT2D eigenvalue weighted by molar-refractivity contribution is 5.81. The van der Waals surface area contributed by atoms with Gasteiger partial charge in [-0.15, -0.1) is 0 Å². The maximum absolute atomic E-state index is 12.1. The molecule has 2 saturated carbocycles. The highest BCUT2D eigenvalue weighted by Crippen LogP contribution is 2.58. The normalized spacial score (nSPS) is 34.0. The van der Waals surface area contributed by atoms with Gasteiger partial charge in [0.05, 0.1) is 0 Å². The number of carbonyl (C=O) groups excluding carboxylic acids is 1. The zero-order valence-corrected chi connectivity index (χ0v) is 13.5. The van der Waals surface area contributed by atoms with Gasteiger partial charge in [-0.3, -0.25) is 0 Å². The van der Waals surface area contributed by atoms with E-state index >= 15 is 0 Å². The first-order chi connectivity index (χ1) is 10.2. The van der Waals surface area contributed by atoms with E-state index in [0.717, 1.165) is 25.7 Å². The number of ether oxygens (including phenoxy) is 1. The molecule has 0 heterocycles. The highest BCUT2D eigenvalue weighted by Gasteiger charge is 2.54. The fourth-order valence-electron chi connectivity index (χ4n) is 4.80. The molecule has 2 fully saturated rings. The van der Waals surface area contributed by atoms with Crippen LogP contribution in [-0.2, 0) is 9.53 Å². The fraction of sp³-hybridized carbons (Fsp3) is 0.765. The third-order valence-corrected chi connectivity index (χ3v) is 5.12. The van der Waals surface area contributed by atoms with E-state index < -0.39 is 23.7 Å². The second-order valence-corrected chi connectivity index (χ2v) is 8.26. The zero-order chi connectivity index (χ0) is 16.1. The summed E-state index contributed by atoms with van der Waals surface area (Å²) in [5.41, 5.74) is 0.423. The molecule has 0 spiro atoms. The lowest BCUT2D eigenvalue weighted by Gasteiger charge is -2.54. The second kappa shape index (κ2) is 5.00. The molecule has 4 aliphatic rings. The van der Waals surface area contributed by atoms with Crippen molar-refractivity contribution >= 4 is 12.1 Å². The number of nitrogens with one attached hydrogen (secondary N) is 1. The van der Waals surface area contributed by atoms with E-state index in [0.29, 0.717) is 11.8 Å². The molecule has 0 aromatic carbocycles. The molecule has 122 valence electrons. The number of amides is 1. The molecule has 1 amide bonds. The number of hydrogen-bond acceptors (Lipinski definition) is 3. The second-order valence-electron chi connectivity index (χ2n) is 8.26. The van der Waals surface area contributed by atoms with Crippen LogP contribution in [0.1, 0.15) is 52.9 Å². The van der Waals surface area contributed by atoms with Crippen molar-refractivity contribution in [3.8, 4) is 0 Å². The Morgan fingerprint density at radius 1 is 1.41 bits per heavy atom. The minimum Gasteiger partial charge on any atom is -0.480 e. The summed E-state index contributed by atoms with van der Waals surface area (Å²) in [6, 6.07) is -0.864. The molecule has 2 N–H and O–H groups in total. The fourth-order valence-corrected chi connectivity index (χ4v) is 4.80. The van der Waals surface area contributed by atoms with E-state index in [1.807, 2.05) is 0 Å². The van der Waals surface area contributed by atoms with Crippen molar-refractivity contribution in [1.82, 2.24) is 5.32 Å². The van der Waals surface area contributed by atoms with Gasteiger partial charge in [0.15, 0.2) is 0 Å². The van der Waals surface area contributed by atoms with Crippen LogP contribution in [0.2, 0.25) is 0 Å². The molecular weight excluding hydrogens is 282 g/mol. The molecule has 4 aliphatic carbocycles. The first-order valence-corrected chi connectivity index (χ1v) is 8.09. The molecule has 0 aliphatic heterocycles. The van der Waals surface area contributed by atoms with Gasteiger partial charge in [-0.05, 0) is 64.7 Å². The monoisotopic (exact) mass is 307 g/mol. The summed E-state index contributed by atoms with van der Waals surface area (Å²) in [6.45, 7) is 5.33. The summed E-state index contributed by atoms with van der Waals surface area (Å²) < 4.78 is 5.25. The average Bonchev–Trinajstić information content (AvgIpc) is 2.31. The largest absolute Gasteiger partial charge is 0.480 e. The van der Waals surface area contributed by atoms with Crippen molar-refractivity contribution in [2.24, 2.45) is 17.3 Å². The number of hydrogen-bond donors (Lipinski definition) is 2. The number of carbonyl (C=O) groups is 2. The van der Waals surface area contributed by atoms with Crippen molar-refractivity contribution in [1.29, 1.82) is 0 Å². The molecular formula is C17H25NO4. The molecule has 4 unspecified atom stereocenters. The summed E-state index contributed by atoms with van der Waals surface area (Å²) in [5.74, 6) is 0.113. The van der Waals surface area contributed by atoms with Crippen molar-refractivity contribution < 1.29 is 19.4 Å². The van der Waals surface area contributed by atoms with Crippen LogP contribution in [0.25, 0.3) is 0 Å². The van der Waals surface area contributed by atoms with Crippen LogP contribution in [0.5, 0.6) is 0 Å². The molecule has 0 aromatic rings. The third-order valence-electron chi connectivity index (χ3n) is 5.12. The van der Waals surface area contributed by atoms with E-state index in [1.165, 1.54) is 12.0 Å². The van der Waals surface area contributed by atoms with Gasteiger partial charge >= 0.3 is 12.1 Å². The minimum atomic E-state index is -0.951. The Bertz CT molecular complexity index is 533. The number of aliphatic carboxylic acids is 1. The molecule has 0 aromatic heterocycles. The van der Waals surface area contributed by atoms with Crippen LogP contribution < -0.4 is 5.32 Å². The Balaban J connectivity index is 1.79. The summed E-state index contributed by atoms with van der Waals surface area (Å²) in [6.07, 6.45) is 6.53. The summed E-state index contributed by atoms with van der Waals surface area (Å²) in [4.78, 5) is 23.9. The van der Waals surface area contributed by atoms with Crippen molar-refractivity contribution in [3.63, 3.8) is 0 Å². The maximum atomic E-state index is 12.1.